The maximum atomic E-state index is 12.6. The number of amides is 1. The van der Waals surface area contributed by atoms with E-state index in [4.69, 9.17) is 0 Å². The molecular weight excluding hydrogens is 250 g/mol. The Labute approximate surface area is 116 Å². The summed E-state index contributed by atoms with van der Waals surface area (Å²) in [7, 11) is 0. The maximum Gasteiger partial charge on any atom is 0.273 e. The van der Waals surface area contributed by atoms with Crippen LogP contribution < -0.4 is 4.90 Å². The van der Waals surface area contributed by atoms with Gasteiger partial charge in [0, 0.05) is 12.4 Å². The number of rotatable bonds is 3. The molecule has 2 heterocycles. The molecule has 0 aliphatic heterocycles. The predicted octanol–water partition coefficient (Wildman–Crippen LogP) is 2.79. The van der Waals surface area contributed by atoms with E-state index in [2.05, 4.69) is 15.7 Å². The van der Waals surface area contributed by atoms with Gasteiger partial charge in [0.1, 0.15) is 11.6 Å². The van der Waals surface area contributed by atoms with Gasteiger partial charge in [-0.25, -0.2) is 14.9 Å². The number of hydrogen-bond donors (Lipinski definition) is 0. The van der Waals surface area contributed by atoms with Crippen molar-refractivity contribution in [2.24, 2.45) is 0 Å². The first-order valence-electron chi connectivity index (χ1n) is 6.16. The lowest BCUT2D eigenvalue weighted by Gasteiger charge is -2.20. The van der Waals surface area contributed by atoms with Gasteiger partial charge in [0.25, 0.3) is 5.91 Å². The third-order valence-electron chi connectivity index (χ3n) is 2.79. The molecule has 0 fully saturated rings. The van der Waals surface area contributed by atoms with E-state index >= 15 is 0 Å². The first kappa shape index (κ1) is 12.1. The monoisotopic (exact) mass is 261 g/mol. The normalized spacial score (nSPS) is 12.3. The second-order valence-electron chi connectivity index (χ2n) is 4.10. The Morgan fingerprint density at radius 2 is 1.65 bits per heavy atom. The Hall–Kier alpha value is -2.97. The molecule has 1 aliphatic carbocycles. The van der Waals surface area contributed by atoms with Gasteiger partial charge >= 0.3 is 0 Å². The molecule has 0 radical (unpaired) electrons. The molecule has 0 saturated carbocycles. The average Bonchev–Trinajstić information content (AvgIpc) is 3.04. The van der Waals surface area contributed by atoms with Crippen LogP contribution in [-0.2, 0) is 4.79 Å². The number of hydrogen-bond acceptors (Lipinski definition) is 3. The fraction of sp³-hybridized carbons (Fsp3) is 0. The van der Waals surface area contributed by atoms with E-state index in [0.717, 1.165) is 0 Å². The van der Waals surface area contributed by atoms with Crippen molar-refractivity contribution in [2.75, 3.05) is 4.90 Å². The zero-order valence-electron chi connectivity index (χ0n) is 10.6. The SMILES string of the molecule is O=C(C1=C=CC=C1)N(c1ccccn1)c1ccccn1. The predicted molar refractivity (Wildman–Crippen MR) is 76.4 cm³/mol. The lowest BCUT2D eigenvalue weighted by Crippen LogP contribution is -2.28. The third kappa shape index (κ3) is 2.28. The highest BCUT2D eigenvalue weighted by Gasteiger charge is 2.22. The first-order chi connectivity index (χ1) is 9.86. The van der Waals surface area contributed by atoms with Gasteiger partial charge in [-0.1, -0.05) is 18.2 Å². The van der Waals surface area contributed by atoms with E-state index < -0.39 is 0 Å². The van der Waals surface area contributed by atoms with E-state index in [-0.39, 0.29) is 5.91 Å². The zero-order chi connectivity index (χ0) is 13.8. The van der Waals surface area contributed by atoms with Crippen molar-refractivity contribution in [2.45, 2.75) is 0 Å². The van der Waals surface area contributed by atoms with Crippen molar-refractivity contribution < 1.29 is 4.79 Å². The number of nitrogens with zero attached hydrogens (tertiary/aromatic N) is 3. The van der Waals surface area contributed by atoms with Crippen molar-refractivity contribution in [3.63, 3.8) is 0 Å². The molecule has 4 nitrogen and oxygen atoms in total. The number of pyridine rings is 2. The number of allylic oxidation sites excluding steroid dienone is 1. The van der Waals surface area contributed by atoms with Crippen LogP contribution in [0.1, 0.15) is 0 Å². The Balaban J connectivity index is 2.07. The zero-order valence-corrected chi connectivity index (χ0v) is 10.6. The standard InChI is InChI=1S/C16H11N3O/c20-16(13-7-1-2-8-13)19(14-9-3-5-11-17-14)15-10-4-6-12-18-15/h1-7,9-12H. The van der Waals surface area contributed by atoms with Crippen LogP contribution in [0, 0.1) is 0 Å². The highest BCUT2D eigenvalue weighted by Crippen LogP contribution is 2.23. The molecule has 2 aromatic rings. The first-order valence-corrected chi connectivity index (χ1v) is 6.16. The van der Waals surface area contributed by atoms with E-state index in [0.29, 0.717) is 17.2 Å². The van der Waals surface area contributed by atoms with Gasteiger partial charge in [-0.15, -0.1) is 5.73 Å². The van der Waals surface area contributed by atoms with Gasteiger partial charge in [-0.2, -0.15) is 0 Å². The van der Waals surface area contributed by atoms with Crippen LogP contribution in [0.25, 0.3) is 0 Å². The lowest BCUT2D eigenvalue weighted by molar-refractivity contribution is -0.114. The Morgan fingerprint density at radius 3 is 2.10 bits per heavy atom. The Kier molecular flexibility index (Phi) is 3.23. The van der Waals surface area contributed by atoms with Crippen LogP contribution in [0.5, 0.6) is 0 Å². The highest BCUT2D eigenvalue weighted by molar-refractivity contribution is 6.11. The second kappa shape index (κ2) is 5.34. The molecule has 96 valence electrons. The van der Waals surface area contributed by atoms with Crippen molar-refractivity contribution in [1.29, 1.82) is 0 Å². The molecule has 0 N–H and O–H groups in total. The van der Waals surface area contributed by atoms with Crippen molar-refractivity contribution >= 4 is 17.5 Å². The Morgan fingerprint density at radius 1 is 1.00 bits per heavy atom. The van der Waals surface area contributed by atoms with Gasteiger partial charge in [0.2, 0.25) is 0 Å². The fourth-order valence-electron chi connectivity index (χ4n) is 1.88. The summed E-state index contributed by atoms with van der Waals surface area (Å²) in [6.07, 6.45) is 8.51. The van der Waals surface area contributed by atoms with E-state index in [1.165, 1.54) is 4.90 Å². The van der Waals surface area contributed by atoms with E-state index in [9.17, 15) is 4.79 Å². The number of carbonyl (C=O) groups is 1. The van der Waals surface area contributed by atoms with E-state index in [1.54, 1.807) is 54.9 Å². The molecule has 0 unspecified atom stereocenters. The smallest absolute Gasteiger partial charge is 0.267 e. The summed E-state index contributed by atoms with van der Waals surface area (Å²) in [5, 5.41) is 0. The van der Waals surface area contributed by atoms with Gasteiger partial charge < -0.3 is 0 Å². The van der Waals surface area contributed by atoms with Gasteiger partial charge in [-0.05, 0) is 36.4 Å². The molecule has 0 atom stereocenters. The van der Waals surface area contributed by atoms with Crippen LogP contribution in [0.15, 0.2) is 78.3 Å². The van der Waals surface area contributed by atoms with Crippen LogP contribution >= 0.6 is 0 Å². The quantitative estimate of drug-likeness (QED) is 0.798. The molecule has 0 saturated heterocycles. The largest absolute Gasteiger partial charge is 0.273 e. The van der Waals surface area contributed by atoms with Gasteiger partial charge in [0.05, 0.1) is 5.57 Å². The van der Waals surface area contributed by atoms with Crippen molar-refractivity contribution in [3.8, 4) is 0 Å². The third-order valence-corrected chi connectivity index (χ3v) is 2.79. The average molecular weight is 261 g/mol. The molecular formula is C16H11N3O. The molecule has 0 bridgehead atoms. The summed E-state index contributed by atoms with van der Waals surface area (Å²) in [6.45, 7) is 0. The molecule has 4 heteroatoms. The van der Waals surface area contributed by atoms with Crippen LogP contribution in [0.4, 0.5) is 11.6 Å². The molecule has 0 aromatic carbocycles. The highest BCUT2D eigenvalue weighted by atomic mass is 16.2. The summed E-state index contributed by atoms with van der Waals surface area (Å²) < 4.78 is 0. The molecule has 20 heavy (non-hydrogen) atoms. The number of aromatic nitrogens is 2. The molecule has 3 rings (SSSR count). The molecule has 1 amide bonds. The van der Waals surface area contributed by atoms with Crippen molar-refractivity contribution in [3.05, 3.63) is 78.3 Å². The number of carbonyl (C=O) groups excluding carboxylic acids is 1. The minimum Gasteiger partial charge on any atom is -0.267 e. The minimum atomic E-state index is -0.201. The molecule has 0 spiro atoms. The lowest BCUT2D eigenvalue weighted by atomic mass is 10.2. The fourth-order valence-corrected chi connectivity index (χ4v) is 1.88. The minimum absolute atomic E-state index is 0.201. The topological polar surface area (TPSA) is 46.1 Å². The maximum absolute atomic E-state index is 12.6. The summed E-state index contributed by atoms with van der Waals surface area (Å²) >= 11 is 0. The molecule has 2 aromatic heterocycles. The van der Waals surface area contributed by atoms with Crippen molar-refractivity contribution in [1.82, 2.24) is 9.97 Å². The second-order valence-corrected chi connectivity index (χ2v) is 4.10. The molecule has 1 aliphatic rings. The van der Waals surface area contributed by atoms with Crippen LogP contribution in [-0.4, -0.2) is 15.9 Å². The summed E-state index contributed by atoms with van der Waals surface area (Å²) in [6, 6.07) is 10.8. The summed E-state index contributed by atoms with van der Waals surface area (Å²) in [5.41, 5.74) is 3.40. The van der Waals surface area contributed by atoms with E-state index in [1.807, 2.05) is 12.1 Å². The number of anilines is 2. The Bertz CT molecular complexity index is 674. The van der Waals surface area contributed by atoms with Crippen LogP contribution in [0.3, 0.4) is 0 Å². The summed E-state index contributed by atoms with van der Waals surface area (Å²) in [5.74, 6) is 0.865. The summed E-state index contributed by atoms with van der Waals surface area (Å²) in [4.78, 5) is 22.6. The van der Waals surface area contributed by atoms with Crippen LogP contribution in [0.2, 0.25) is 0 Å². The van der Waals surface area contributed by atoms with Gasteiger partial charge in [-0.3, -0.25) is 4.79 Å². The van der Waals surface area contributed by atoms with Gasteiger partial charge in [0.15, 0.2) is 0 Å².